The van der Waals surface area contributed by atoms with Crippen LogP contribution in [0.25, 0.3) is 69.9 Å². The molecule has 0 amide bonds. The van der Waals surface area contributed by atoms with Gasteiger partial charge in [0.25, 0.3) is 0 Å². The van der Waals surface area contributed by atoms with E-state index in [1.807, 2.05) is 11.3 Å². The number of hydrogen-bond acceptors (Lipinski definition) is 3. The highest BCUT2D eigenvalue weighted by molar-refractivity contribution is 7.26. The zero-order valence-corrected chi connectivity index (χ0v) is 28.5. The van der Waals surface area contributed by atoms with Gasteiger partial charge in [0.05, 0.1) is 22.4 Å². The quantitative estimate of drug-likeness (QED) is 0.173. The molecule has 5 heteroatoms. The molecule has 0 fully saturated rings. The first kappa shape index (κ1) is 28.5. The van der Waals surface area contributed by atoms with Crippen molar-refractivity contribution < 1.29 is 0 Å². The van der Waals surface area contributed by atoms with Crippen molar-refractivity contribution in [3.8, 4) is 27.9 Å². The number of allylic oxidation sites excluding steroid dienone is 2. The molecule has 3 nitrogen and oxygen atoms in total. The van der Waals surface area contributed by atoms with E-state index < -0.39 is 0 Å². The monoisotopic (exact) mass is 667 g/mol. The van der Waals surface area contributed by atoms with Gasteiger partial charge in [0, 0.05) is 42.3 Å². The van der Waals surface area contributed by atoms with Gasteiger partial charge in [-0.3, -0.25) is 0 Å². The minimum Gasteiger partial charge on any atom is -0.366 e. The Hall–Kier alpha value is -6.30. The lowest BCUT2D eigenvalue weighted by atomic mass is 9.71. The summed E-state index contributed by atoms with van der Waals surface area (Å²) in [5.41, 5.74) is 12.1. The topological polar surface area (TPSA) is 11.4 Å². The van der Waals surface area contributed by atoms with Gasteiger partial charge in [-0.25, -0.2) is 0 Å². The first-order valence-corrected chi connectivity index (χ1v) is 18.3. The van der Waals surface area contributed by atoms with Gasteiger partial charge in [-0.1, -0.05) is 115 Å². The molecule has 0 saturated carbocycles. The molecule has 0 atom stereocenters. The van der Waals surface area contributed by atoms with Gasteiger partial charge in [-0.15, -0.1) is 11.3 Å². The van der Waals surface area contributed by atoms with E-state index in [-0.39, 0.29) is 6.98 Å². The molecule has 7 aromatic carbocycles. The number of rotatable bonds is 4. The van der Waals surface area contributed by atoms with Gasteiger partial charge in [-0.2, -0.15) is 0 Å². The molecular weight excluding hydrogens is 637 g/mol. The lowest BCUT2D eigenvalue weighted by molar-refractivity contribution is 1.18. The van der Waals surface area contributed by atoms with Crippen LogP contribution in [0.5, 0.6) is 0 Å². The van der Waals surface area contributed by atoms with E-state index in [2.05, 4.69) is 196 Å². The van der Waals surface area contributed by atoms with Crippen LogP contribution < -0.4 is 9.62 Å². The molecule has 0 spiro atoms. The average Bonchev–Trinajstić information content (AvgIpc) is 3.86. The molecule has 0 radical (unpaired) electrons. The fourth-order valence-electron chi connectivity index (χ4n) is 8.29. The zero-order chi connectivity index (χ0) is 33.5. The maximum absolute atomic E-state index is 2.47. The Labute approximate surface area is 300 Å². The smallest absolute Gasteiger partial charge is 0.366 e. The maximum atomic E-state index is 2.47. The second-order valence-corrected chi connectivity index (χ2v) is 14.4. The van der Waals surface area contributed by atoms with Crippen LogP contribution in [0.1, 0.15) is 0 Å². The molecule has 0 bridgehead atoms. The summed E-state index contributed by atoms with van der Waals surface area (Å²) in [5, 5.41) is 5.20. The number of aromatic nitrogens is 1. The Morgan fingerprint density at radius 1 is 0.471 bits per heavy atom. The van der Waals surface area contributed by atoms with Crippen molar-refractivity contribution in [2.45, 2.75) is 0 Å². The first-order valence-electron chi connectivity index (χ1n) is 17.5. The van der Waals surface area contributed by atoms with Crippen molar-refractivity contribution in [2.75, 3.05) is 9.62 Å². The summed E-state index contributed by atoms with van der Waals surface area (Å²) in [6, 6.07) is 57.9. The lowest BCUT2D eigenvalue weighted by Crippen LogP contribution is -2.42. The van der Waals surface area contributed by atoms with Gasteiger partial charge < -0.3 is 14.2 Å². The minimum absolute atomic E-state index is 0.0468. The summed E-state index contributed by atoms with van der Waals surface area (Å²) in [4.78, 5) is 4.86. The molecule has 2 aliphatic rings. The Balaban J connectivity index is 1.01. The summed E-state index contributed by atoms with van der Waals surface area (Å²) in [6.45, 7) is 0.0468. The van der Waals surface area contributed by atoms with Crippen LogP contribution >= 0.6 is 11.3 Å². The van der Waals surface area contributed by atoms with Crippen LogP contribution in [-0.2, 0) is 0 Å². The van der Waals surface area contributed by atoms with Crippen molar-refractivity contribution in [3.63, 3.8) is 0 Å². The van der Waals surface area contributed by atoms with Crippen molar-refractivity contribution in [3.05, 3.63) is 182 Å². The van der Waals surface area contributed by atoms with E-state index in [0.717, 1.165) is 5.69 Å². The normalized spacial score (nSPS) is 13.6. The highest BCUT2D eigenvalue weighted by Gasteiger charge is 2.40. The van der Waals surface area contributed by atoms with E-state index in [0.29, 0.717) is 0 Å². The number of para-hydroxylation sites is 2. The SMILES string of the molecule is C1=CB2N(C=C1)c1cc(-n3c4ccccc4c4ccccc43)ccc1N2c1cccc(-c2cccc(-c3cccc4c3sc3ccccc34)c2)c1. The molecule has 0 aliphatic carbocycles. The van der Waals surface area contributed by atoms with E-state index in [1.54, 1.807) is 0 Å². The van der Waals surface area contributed by atoms with Gasteiger partial charge in [0.1, 0.15) is 0 Å². The van der Waals surface area contributed by atoms with Crippen LogP contribution in [0.15, 0.2) is 182 Å². The summed E-state index contributed by atoms with van der Waals surface area (Å²) in [5.74, 6) is 2.29. The molecule has 9 aromatic rings. The van der Waals surface area contributed by atoms with E-state index in [9.17, 15) is 0 Å². The summed E-state index contributed by atoms with van der Waals surface area (Å²) < 4.78 is 5.08. The van der Waals surface area contributed by atoms with Crippen molar-refractivity contribution in [1.82, 2.24) is 4.57 Å². The minimum atomic E-state index is 0.0468. The molecular formula is C46H30BN3S. The Morgan fingerprint density at radius 2 is 1.16 bits per heavy atom. The van der Waals surface area contributed by atoms with E-state index >= 15 is 0 Å². The fourth-order valence-corrected chi connectivity index (χ4v) is 9.53. The molecule has 0 saturated heterocycles. The van der Waals surface area contributed by atoms with Crippen LogP contribution in [0.3, 0.4) is 0 Å². The zero-order valence-electron chi connectivity index (χ0n) is 27.6. The molecule has 0 N–H and O–H groups in total. The summed E-state index contributed by atoms with van der Waals surface area (Å²) in [6.07, 6.45) is 6.51. The number of nitrogens with zero attached hydrogens (tertiary/aromatic N) is 3. The number of fused-ring (bicyclic) bond motifs is 9. The molecule has 11 rings (SSSR count). The second kappa shape index (κ2) is 11.1. The first-order chi connectivity index (χ1) is 25.3. The van der Waals surface area contributed by atoms with Gasteiger partial charge in [0.2, 0.25) is 0 Å². The predicted octanol–water partition coefficient (Wildman–Crippen LogP) is 12.6. The summed E-state index contributed by atoms with van der Waals surface area (Å²) >= 11 is 1.88. The maximum Gasteiger partial charge on any atom is 0.412 e. The highest BCUT2D eigenvalue weighted by atomic mass is 32.1. The number of thiophene rings is 1. The largest absolute Gasteiger partial charge is 0.412 e. The van der Waals surface area contributed by atoms with Crippen LogP contribution in [0.4, 0.5) is 17.1 Å². The van der Waals surface area contributed by atoms with E-state index in [1.165, 1.54) is 81.3 Å². The Bertz CT molecular complexity index is 2860. The van der Waals surface area contributed by atoms with E-state index in [4.69, 9.17) is 0 Å². The second-order valence-electron chi connectivity index (χ2n) is 13.4. The lowest BCUT2D eigenvalue weighted by Gasteiger charge is -2.27. The molecule has 2 aliphatic heterocycles. The van der Waals surface area contributed by atoms with Gasteiger partial charge >= 0.3 is 6.98 Å². The molecule has 4 heterocycles. The Morgan fingerprint density at radius 3 is 2.00 bits per heavy atom. The van der Waals surface area contributed by atoms with Gasteiger partial charge in [-0.05, 0) is 89.1 Å². The predicted molar refractivity (Wildman–Crippen MR) is 220 cm³/mol. The number of anilines is 3. The molecule has 2 aromatic heterocycles. The third-order valence-corrected chi connectivity index (χ3v) is 11.8. The van der Waals surface area contributed by atoms with Crippen LogP contribution in [0.2, 0.25) is 0 Å². The van der Waals surface area contributed by atoms with Crippen molar-refractivity contribution in [1.29, 1.82) is 0 Å². The molecule has 238 valence electrons. The summed E-state index contributed by atoms with van der Waals surface area (Å²) in [7, 11) is 0. The van der Waals surface area contributed by atoms with Crippen LogP contribution in [-0.4, -0.2) is 11.5 Å². The van der Waals surface area contributed by atoms with Crippen LogP contribution in [0, 0.1) is 0 Å². The highest BCUT2D eigenvalue weighted by Crippen LogP contribution is 2.47. The fraction of sp³-hybridized carbons (Fsp3) is 0. The molecule has 0 unspecified atom stereocenters. The van der Waals surface area contributed by atoms with Gasteiger partial charge in [0.15, 0.2) is 0 Å². The Kier molecular flexibility index (Phi) is 6.22. The third kappa shape index (κ3) is 4.32. The standard InChI is InChI=1S/C46H30BN3S/c1-4-21-41-37(16-1)38-17-2-5-22-42(38)49(41)34-24-25-43-44(30-34)48-27-8-7-26-47(48)50(43)35-15-10-13-32(29-35)31-12-9-14-33(28-31)36-19-11-20-40-39-18-3-6-23-45(39)51-46(36)40/h1-30H. The average molecular weight is 668 g/mol. The third-order valence-electron chi connectivity index (χ3n) is 10.6. The number of hydrogen-bond donors (Lipinski definition) is 0. The molecule has 51 heavy (non-hydrogen) atoms. The van der Waals surface area contributed by atoms with Crippen molar-refractivity contribution in [2.24, 2.45) is 0 Å². The van der Waals surface area contributed by atoms with Crippen molar-refractivity contribution >= 4 is 77.4 Å². The number of benzene rings is 7.